The van der Waals surface area contributed by atoms with Crippen molar-refractivity contribution in [3.05, 3.63) is 29.1 Å². The number of nitrogens with zero attached hydrogens (tertiary/aromatic N) is 5. The maximum absolute atomic E-state index is 10.3. The van der Waals surface area contributed by atoms with Crippen LogP contribution in [-0.4, -0.2) is 35.8 Å². The van der Waals surface area contributed by atoms with E-state index in [1.165, 1.54) is 11.3 Å². The lowest BCUT2D eigenvalue weighted by atomic mass is 10.0. The first-order valence-corrected chi connectivity index (χ1v) is 7.45. The Morgan fingerprint density at radius 1 is 1.29 bits per heavy atom. The van der Waals surface area contributed by atoms with Crippen molar-refractivity contribution in [2.75, 3.05) is 0 Å². The largest absolute Gasteiger partial charge is 0.393 e. The lowest BCUT2D eigenvalue weighted by molar-refractivity contribution is 0.160. The van der Waals surface area contributed by atoms with Gasteiger partial charge in [-0.1, -0.05) is 0 Å². The van der Waals surface area contributed by atoms with Gasteiger partial charge in [-0.3, -0.25) is 4.68 Å². The number of aromatic nitrogens is 5. The van der Waals surface area contributed by atoms with Crippen molar-refractivity contribution in [2.45, 2.75) is 59.1 Å². The maximum Gasteiger partial charge on any atom is 0.138 e. The van der Waals surface area contributed by atoms with Crippen LogP contribution < -0.4 is 0 Å². The van der Waals surface area contributed by atoms with Crippen LogP contribution in [0.3, 0.4) is 0 Å². The van der Waals surface area contributed by atoms with Crippen LogP contribution in [0.5, 0.6) is 0 Å². The highest BCUT2D eigenvalue weighted by Gasteiger charge is 2.15. The first kappa shape index (κ1) is 15.7. The summed E-state index contributed by atoms with van der Waals surface area (Å²) >= 11 is 0. The number of aryl methyl sites for hydroxylation is 2. The van der Waals surface area contributed by atoms with E-state index in [-0.39, 0.29) is 6.04 Å². The van der Waals surface area contributed by atoms with E-state index in [0.29, 0.717) is 12.8 Å². The van der Waals surface area contributed by atoms with Gasteiger partial charge in [0, 0.05) is 25.2 Å². The smallest absolute Gasteiger partial charge is 0.138 e. The normalized spacial score (nSPS) is 13.1. The highest BCUT2D eigenvalue weighted by Crippen LogP contribution is 2.16. The van der Waals surface area contributed by atoms with E-state index in [9.17, 15) is 5.11 Å². The van der Waals surface area contributed by atoms with Gasteiger partial charge >= 0.3 is 0 Å². The van der Waals surface area contributed by atoms with Gasteiger partial charge in [-0.05, 0) is 46.1 Å². The van der Waals surface area contributed by atoms with Gasteiger partial charge in [0.2, 0.25) is 0 Å². The minimum absolute atomic E-state index is 0.262. The molecule has 1 unspecified atom stereocenters. The Morgan fingerprint density at radius 2 is 2.00 bits per heavy atom. The van der Waals surface area contributed by atoms with Crippen LogP contribution in [0.15, 0.2) is 6.33 Å². The first-order chi connectivity index (χ1) is 9.90. The number of rotatable bonds is 6. The second-order valence-electron chi connectivity index (χ2n) is 5.88. The Morgan fingerprint density at radius 3 is 2.57 bits per heavy atom. The summed E-state index contributed by atoms with van der Waals surface area (Å²) in [6, 6.07) is 0.262. The third kappa shape index (κ3) is 3.50. The lowest BCUT2D eigenvalue weighted by Crippen LogP contribution is -2.17. The van der Waals surface area contributed by atoms with Crippen LogP contribution in [0, 0.1) is 13.8 Å². The van der Waals surface area contributed by atoms with Crippen LogP contribution in [0.4, 0.5) is 0 Å². The number of aliphatic hydroxyl groups is 1. The van der Waals surface area contributed by atoms with Crippen molar-refractivity contribution >= 4 is 0 Å². The van der Waals surface area contributed by atoms with Crippen molar-refractivity contribution in [2.24, 2.45) is 7.05 Å². The minimum Gasteiger partial charge on any atom is -0.393 e. The van der Waals surface area contributed by atoms with Crippen LogP contribution in [0.2, 0.25) is 0 Å². The number of hydrogen-bond donors (Lipinski definition) is 1. The van der Waals surface area contributed by atoms with Gasteiger partial charge in [-0.25, -0.2) is 9.67 Å². The Bertz CT molecular complexity index is 599. The summed E-state index contributed by atoms with van der Waals surface area (Å²) in [5, 5.41) is 18.9. The van der Waals surface area contributed by atoms with Gasteiger partial charge < -0.3 is 5.11 Å². The molecule has 2 aromatic rings. The molecule has 0 spiro atoms. The molecule has 0 aliphatic carbocycles. The summed E-state index contributed by atoms with van der Waals surface area (Å²) < 4.78 is 3.76. The second kappa shape index (κ2) is 6.39. The molecule has 2 heterocycles. The molecule has 0 saturated carbocycles. The van der Waals surface area contributed by atoms with E-state index < -0.39 is 6.10 Å². The second-order valence-corrected chi connectivity index (χ2v) is 5.88. The van der Waals surface area contributed by atoms with Gasteiger partial charge in [0.15, 0.2) is 0 Å². The Balaban J connectivity index is 1.96. The van der Waals surface area contributed by atoms with E-state index in [1.54, 1.807) is 6.33 Å². The predicted molar refractivity (Wildman–Crippen MR) is 81.1 cm³/mol. The predicted octanol–water partition coefficient (Wildman–Crippen LogP) is 1.75. The molecule has 0 radical (unpaired) electrons. The fraction of sp³-hybridized carbons (Fsp3) is 0.667. The number of aliphatic hydroxyl groups excluding tert-OH is 1. The van der Waals surface area contributed by atoms with Crippen molar-refractivity contribution in [1.29, 1.82) is 0 Å². The zero-order valence-electron chi connectivity index (χ0n) is 13.5. The van der Waals surface area contributed by atoms with Crippen LogP contribution in [-0.2, 0) is 19.9 Å². The van der Waals surface area contributed by atoms with E-state index in [4.69, 9.17) is 0 Å². The third-order valence-electron chi connectivity index (χ3n) is 3.94. The molecule has 6 heteroatoms. The van der Waals surface area contributed by atoms with Crippen LogP contribution in [0.1, 0.15) is 49.1 Å². The van der Waals surface area contributed by atoms with E-state index >= 15 is 0 Å². The molecule has 6 nitrogen and oxygen atoms in total. The molecular weight excluding hydrogens is 266 g/mol. The molecule has 116 valence electrons. The Kier molecular flexibility index (Phi) is 4.77. The number of hydrogen-bond acceptors (Lipinski definition) is 4. The van der Waals surface area contributed by atoms with Gasteiger partial charge in [0.1, 0.15) is 12.2 Å². The fourth-order valence-electron chi connectivity index (χ4n) is 2.65. The quantitative estimate of drug-likeness (QED) is 0.880. The summed E-state index contributed by atoms with van der Waals surface area (Å²) in [5.74, 6) is 0.845. The van der Waals surface area contributed by atoms with Gasteiger partial charge in [0.05, 0.1) is 11.8 Å². The van der Waals surface area contributed by atoms with E-state index in [1.807, 2.05) is 23.3 Å². The molecule has 1 atom stereocenters. The molecule has 0 bridgehead atoms. The highest BCUT2D eigenvalue weighted by molar-refractivity contribution is 5.24. The van der Waals surface area contributed by atoms with Crippen LogP contribution in [0.25, 0.3) is 0 Å². The van der Waals surface area contributed by atoms with Crippen LogP contribution >= 0.6 is 0 Å². The summed E-state index contributed by atoms with van der Waals surface area (Å²) in [4.78, 5) is 4.25. The minimum atomic E-state index is -0.411. The standard InChI is InChI=1S/C15H25N5O/c1-10(2)20-15(16-9-17-20)8-13(21)6-7-14-11(3)18-19(5)12(14)4/h9-10,13,21H,6-8H2,1-5H3. The maximum atomic E-state index is 10.3. The highest BCUT2D eigenvalue weighted by atomic mass is 16.3. The summed E-state index contributed by atoms with van der Waals surface area (Å²) in [5.41, 5.74) is 3.46. The Labute approximate surface area is 125 Å². The van der Waals surface area contributed by atoms with Gasteiger partial charge in [0.25, 0.3) is 0 Å². The molecule has 0 aliphatic heterocycles. The molecule has 1 N–H and O–H groups in total. The van der Waals surface area contributed by atoms with E-state index in [0.717, 1.165) is 17.9 Å². The van der Waals surface area contributed by atoms with Crippen molar-refractivity contribution < 1.29 is 5.11 Å². The van der Waals surface area contributed by atoms with E-state index in [2.05, 4.69) is 36.0 Å². The zero-order valence-corrected chi connectivity index (χ0v) is 13.5. The molecule has 0 saturated heterocycles. The summed E-state index contributed by atoms with van der Waals surface area (Å²) in [6.07, 6.45) is 3.22. The molecule has 0 aliphatic rings. The Hall–Kier alpha value is -1.69. The van der Waals surface area contributed by atoms with Crippen molar-refractivity contribution in [1.82, 2.24) is 24.5 Å². The SMILES string of the molecule is Cc1nn(C)c(C)c1CCC(O)Cc1ncnn1C(C)C. The molecule has 2 aromatic heterocycles. The molecule has 0 amide bonds. The van der Waals surface area contributed by atoms with Gasteiger partial charge in [-0.15, -0.1) is 0 Å². The van der Waals surface area contributed by atoms with Crippen molar-refractivity contribution in [3.63, 3.8) is 0 Å². The fourth-order valence-corrected chi connectivity index (χ4v) is 2.65. The topological polar surface area (TPSA) is 68.8 Å². The molecule has 21 heavy (non-hydrogen) atoms. The monoisotopic (exact) mass is 291 g/mol. The molecule has 2 rings (SSSR count). The molecular formula is C15H25N5O. The lowest BCUT2D eigenvalue weighted by Gasteiger charge is -2.13. The molecule has 0 fully saturated rings. The third-order valence-corrected chi connectivity index (χ3v) is 3.94. The zero-order chi connectivity index (χ0) is 15.6. The van der Waals surface area contributed by atoms with Gasteiger partial charge in [-0.2, -0.15) is 10.2 Å². The average molecular weight is 291 g/mol. The molecule has 0 aromatic carbocycles. The summed E-state index contributed by atoms with van der Waals surface area (Å²) in [6.45, 7) is 8.21. The average Bonchev–Trinajstić information content (AvgIpc) is 2.94. The first-order valence-electron chi connectivity index (χ1n) is 7.45. The summed E-state index contributed by atoms with van der Waals surface area (Å²) in [7, 11) is 1.95. The van der Waals surface area contributed by atoms with Crippen molar-refractivity contribution in [3.8, 4) is 0 Å².